The molecule has 0 bridgehead atoms. The van der Waals surface area contributed by atoms with E-state index in [0.717, 1.165) is 5.56 Å². The summed E-state index contributed by atoms with van der Waals surface area (Å²) in [6.45, 7) is 1.74. The molecule has 0 aliphatic heterocycles. The molecule has 1 unspecified atom stereocenters. The molecular formula is C19H19N3O3. The van der Waals surface area contributed by atoms with Crippen LogP contribution in [-0.2, 0) is 11.2 Å². The topological polar surface area (TPSA) is 77.2 Å². The molecule has 1 atom stereocenters. The third kappa shape index (κ3) is 4.91. The van der Waals surface area contributed by atoms with E-state index in [2.05, 4.69) is 15.5 Å². The fraction of sp³-hybridized carbons (Fsp3) is 0.211. The number of ether oxygens (including phenoxy) is 1. The van der Waals surface area contributed by atoms with Crippen molar-refractivity contribution in [1.29, 1.82) is 0 Å². The number of rotatable bonds is 7. The van der Waals surface area contributed by atoms with Crippen molar-refractivity contribution in [2.45, 2.75) is 19.4 Å². The molecule has 1 N–H and O–H groups in total. The largest absolute Gasteiger partial charge is 0.484 e. The van der Waals surface area contributed by atoms with Crippen LogP contribution in [0.1, 0.15) is 30.2 Å². The molecule has 1 amide bonds. The Morgan fingerprint density at radius 3 is 2.52 bits per heavy atom. The molecule has 128 valence electrons. The molecule has 6 heteroatoms. The van der Waals surface area contributed by atoms with E-state index in [9.17, 15) is 4.79 Å². The SMILES string of the molecule is CC(NC(=O)COc1ccccc1)c1noc(Cc2ccccc2)n1. The van der Waals surface area contributed by atoms with Crippen LogP contribution < -0.4 is 10.1 Å². The van der Waals surface area contributed by atoms with Gasteiger partial charge < -0.3 is 14.6 Å². The normalized spacial score (nSPS) is 11.7. The third-order valence-corrected chi connectivity index (χ3v) is 3.56. The van der Waals surface area contributed by atoms with E-state index >= 15 is 0 Å². The summed E-state index contributed by atoms with van der Waals surface area (Å²) >= 11 is 0. The van der Waals surface area contributed by atoms with Gasteiger partial charge >= 0.3 is 0 Å². The Labute approximate surface area is 145 Å². The van der Waals surface area contributed by atoms with Crippen LogP contribution in [0.15, 0.2) is 65.2 Å². The average Bonchev–Trinajstić information content (AvgIpc) is 3.10. The van der Waals surface area contributed by atoms with E-state index in [0.29, 0.717) is 23.9 Å². The molecule has 3 aromatic rings. The summed E-state index contributed by atoms with van der Waals surface area (Å²) in [7, 11) is 0. The van der Waals surface area contributed by atoms with E-state index in [-0.39, 0.29) is 18.6 Å². The monoisotopic (exact) mass is 337 g/mol. The maximum Gasteiger partial charge on any atom is 0.258 e. The lowest BCUT2D eigenvalue weighted by Gasteiger charge is -2.10. The fourth-order valence-electron chi connectivity index (χ4n) is 2.30. The van der Waals surface area contributed by atoms with E-state index in [4.69, 9.17) is 9.26 Å². The van der Waals surface area contributed by atoms with Crippen molar-refractivity contribution in [3.8, 4) is 5.75 Å². The highest BCUT2D eigenvalue weighted by atomic mass is 16.5. The summed E-state index contributed by atoms with van der Waals surface area (Å²) in [5.74, 6) is 1.36. The Kier molecular flexibility index (Phi) is 5.41. The van der Waals surface area contributed by atoms with Crippen LogP contribution in [-0.4, -0.2) is 22.7 Å². The number of hydrogen-bond acceptors (Lipinski definition) is 5. The number of carbonyl (C=O) groups is 1. The number of hydrogen-bond donors (Lipinski definition) is 1. The van der Waals surface area contributed by atoms with Gasteiger partial charge in [0.25, 0.3) is 5.91 Å². The number of carbonyl (C=O) groups excluding carboxylic acids is 1. The highest BCUT2D eigenvalue weighted by molar-refractivity contribution is 5.77. The highest BCUT2D eigenvalue weighted by Gasteiger charge is 2.16. The second-order valence-electron chi connectivity index (χ2n) is 5.60. The van der Waals surface area contributed by atoms with Crippen LogP contribution in [0.25, 0.3) is 0 Å². The number of amides is 1. The van der Waals surface area contributed by atoms with Gasteiger partial charge in [0.1, 0.15) is 5.75 Å². The lowest BCUT2D eigenvalue weighted by molar-refractivity contribution is -0.123. The Morgan fingerprint density at radius 2 is 1.80 bits per heavy atom. The Balaban J connectivity index is 1.51. The number of aromatic nitrogens is 2. The average molecular weight is 337 g/mol. The number of nitrogens with one attached hydrogen (secondary N) is 1. The van der Waals surface area contributed by atoms with Crippen molar-refractivity contribution in [3.05, 3.63) is 77.9 Å². The summed E-state index contributed by atoms with van der Waals surface area (Å²) in [4.78, 5) is 16.3. The zero-order valence-electron chi connectivity index (χ0n) is 13.9. The van der Waals surface area contributed by atoms with Gasteiger partial charge in [-0.2, -0.15) is 4.98 Å². The number of para-hydroxylation sites is 1. The Bertz CT molecular complexity index is 803. The molecule has 0 aliphatic rings. The lowest BCUT2D eigenvalue weighted by Crippen LogP contribution is -2.31. The second kappa shape index (κ2) is 8.10. The van der Waals surface area contributed by atoms with Crippen LogP contribution in [0.2, 0.25) is 0 Å². The van der Waals surface area contributed by atoms with E-state index in [1.807, 2.05) is 48.5 Å². The van der Waals surface area contributed by atoms with E-state index in [1.54, 1.807) is 19.1 Å². The first-order valence-electron chi connectivity index (χ1n) is 8.04. The maximum absolute atomic E-state index is 12.0. The molecule has 2 aromatic carbocycles. The molecule has 0 radical (unpaired) electrons. The Hall–Kier alpha value is -3.15. The summed E-state index contributed by atoms with van der Waals surface area (Å²) < 4.78 is 10.7. The van der Waals surface area contributed by atoms with Crippen molar-refractivity contribution in [2.75, 3.05) is 6.61 Å². The molecule has 1 aromatic heterocycles. The van der Waals surface area contributed by atoms with Crippen LogP contribution in [0, 0.1) is 0 Å². The van der Waals surface area contributed by atoms with E-state index < -0.39 is 0 Å². The molecule has 3 rings (SSSR count). The van der Waals surface area contributed by atoms with Crippen molar-refractivity contribution in [1.82, 2.24) is 15.5 Å². The van der Waals surface area contributed by atoms with Crippen LogP contribution in [0.4, 0.5) is 0 Å². The van der Waals surface area contributed by atoms with Gasteiger partial charge in [-0.1, -0.05) is 53.7 Å². The molecule has 0 saturated heterocycles. The first kappa shape index (κ1) is 16.7. The summed E-state index contributed by atoms with van der Waals surface area (Å²) in [6, 6.07) is 18.7. The highest BCUT2D eigenvalue weighted by Crippen LogP contribution is 2.12. The van der Waals surface area contributed by atoms with Crippen molar-refractivity contribution < 1.29 is 14.1 Å². The summed E-state index contributed by atoms with van der Waals surface area (Å²) in [6.07, 6.45) is 0.561. The van der Waals surface area contributed by atoms with Crippen LogP contribution in [0.3, 0.4) is 0 Å². The molecule has 0 aliphatic carbocycles. The zero-order chi connectivity index (χ0) is 17.5. The van der Waals surface area contributed by atoms with Gasteiger partial charge in [0.15, 0.2) is 12.4 Å². The number of nitrogens with zero attached hydrogens (tertiary/aromatic N) is 2. The smallest absolute Gasteiger partial charge is 0.258 e. The van der Waals surface area contributed by atoms with Crippen molar-refractivity contribution in [3.63, 3.8) is 0 Å². The molecule has 1 heterocycles. The molecular weight excluding hydrogens is 318 g/mol. The predicted molar refractivity (Wildman–Crippen MR) is 92.0 cm³/mol. The number of benzene rings is 2. The van der Waals surface area contributed by atoms with Crippen LogP contribution >= 0.6 is 0 Å². The van der Waals surface area contributed by atoms with Crippen molar-refractivity contribution >= 4 is 5.91 Å². The van der Waals surface area contributed by atoms with Gasteiger partial charge in [-0.25, -0.2) is 0 Å². The van der Waals surface area contributed by atoms with Gasteiger partial charge in [0, 0.05) is 0 Å². The zero-order valence-corrected chi connectivity index (χ0v) is 13.9. The quantitative estimate of drug-likeness (QED) is 0.717. The molecule has 25 heavy (non-hydrogen) atoms. The first-order chi connectivity index (χ1) is 12.2. The third-order valence-electron chi connectivity index (χ3n) is 3.56. The molecule has 6 nitrogen and oxygen atoms in total. The minimum atomic E-state index is -0.361. The minimum absolute atomic E-state index is 0.0664. The summed E-state index contributed by atoms with van der Waals surface area (Å²) in [5, 5.41) is 6.74. The van der Waals surface area contributed by atoms with Crippen molar-refractivity contribution in [2.24, 2.45) is 0 Å². The van der Waals surface area contributed by atoms with Gasteiger partial charge in [-0.3, -0.25) is 4.79 Å². The van der Waals surface area contributed by atoms with E-state index in [1.165, 1.54) is 0 Å². The predicted octanol–water partition coefficient (Wildman–Crippen LogP) is 2.92. The molecule has 0 fully saturated rings. The minimum Gasteiger partial charge on any atom is -0.484 e. The van der Waals surface area contributed by atoms with Gasteiger partial charge in [0.05, 0.1) is 12.5 Å². The lowest BCUT2D eigenvalue weighted by atomic mass is 10.1. The maximum atomic E-state index is 12.0. The van der Waals surface area contributed by atoms with Crippen LogP contribution in [0.5, 0.6) is 5.75 Å². The van der Waals surface area contributed by atoms with Gasteiger partial charge in [-0.15, -0.1) is 0 Å². The Morgan fingerprint density at radius 1 is 1.12 bits per heavy atom. The van der Waals surface area contributed by atoms with Gasteiger partial charge in [0.2, 0.25) is 5.89 Å². The first-order valence-corrected chi connectivity index (χ1v) is 8.04. The fourth-order valence-corrected chi connectivity index (χ4v) is 2.30. The standard InChI is InChI=1S/C19H19N3O3/c1-14(20-17(23)13-24-16-10-6-3-7-11-16)19-21-18(25-22-19)12-15-8-4-2-5-9-15/h2-11,14H,12-13H2,1H3,(H,20,23). The molecule has 0 saturated carbocycles. The second-order valence-corrected chi connectivity index (χ2v) is 5.60. The molecule has 0 spiro atoms. The van der Waals surface area contributed by atoms with Gasteiger partial charge in [-0.05, 0) is 24.6 Å². The summed E-state index contributed by atoms with van der Waals surface area (Å²) in [5.41, 5.74) is 1.09.